The molecule has 0 unspecified atom stereocenters. The van der Waals surface area contributed by atoms with Crippen molar-refractivity contribution in [3.8, 4) is 0 Å². The molecule has 0 saturated heterocycles. The summed E-state index contributed by atoms with van der Waals surface area (Å²) in [7, 11) is 0. The summed E-state index contributed by atoms with van der Waals surface area (Å²) >= 11 is 8.79. The van der Waals surface area contributed by atoms with Gasteiger partial charge in [-0.3, -0.25) is 10.1 Å². The fourth-order valence-electron chi connectivity index (χ4n) is 1.57. The first-order chi connectivity index (χ1) is 10.1. The number of fused-ring (bicyclic) bond motifs is 1. The maximum atomic E-state index is 11.8. The lowest BCUT2D eigenvalue weighted by Gasteiger charge is -1.97. The van der Waals surface area contributed by atoms with Gasteiger partial charge in [-0.15, -0.1) is 11.3 Å². The molecular weight excluding hydrogens is 332 g/mol. The Kier molecular flexibility index (Phi) is 4.09. The van der Waals surface area contributed by atoms with E-state index < -0.39 is 0 Å². The molecule has 0 aliphatic carbocycles. The first-order valence-corrected chi connectivity index (χ1v) is 8.07. The van der Waals surface area contributed by atoms with Gasteiger partial charge in [-0.1, -0.05) is 28.5 Å². The number of nitrogens with zero attached hydrogens (tertiary/aromatic N) is 3. The Bertz CT molecular complexity index is 802. The van der Waals surface area contributed by atoms with Crippen molar-refractivity contribution in [2.24, 2.45) is 0 Å². The molecule has 0 saturated carbocycles. The number of amides is 1. The number of carbonyl (C=O) groups is 1. The van der Waals surface area contributed by atoms with E-state index in [1.54, 1.807) is 13.0 Å². The standard InChI is InChI=1S/C12H9ClN4O2S2/c1-6-14-11(19-17-6)16-10(18)5-20-12-15-8-4-7(13)2-3-9(8)21-12/h2-4H,5H2,1H3,(H,14,16,17,18). The molecule has 0 fully saturated rings. The smallest absolute Gasteiger partial charge is 0.315 e. The zero-order valence-electron chi connectivity index (χ0n) is 10.8. The average molecular weight is 341 g/mol. The van der Waals surface area contributed by atoms with Crippen LogP contribution >= 0.6 is 34.7 Å². The molecule has 0 spiro atoms. The monoisotopic (exact) mass is 340 g/mol. The number of hydrogen-bond donors (Lipinski definition) is 1. The van der Waals surface area contributed by atoms with Gasteiger partial charge in [0, 0.05) is 5.02 Å². The molecule has 21 heavy (non-hydrogen) atoms. The summed E-state index contributed by atoms with van der Waals surface area (Å²) in [5.41, 5.74) is 0.836. The topological polar surface area (TPSA) is 80.9 Å². The van der Waals surface area contributed by atoms with Gasteiger partial charge in [0.1, 0.15) is 0 Å². The number of rotatable bonds is 4. The molecule has 0 bridgehead atoms. The predicted octanol–water partition coefficient (Wildman–Crippen LogP) is 3.37. The van der Waals surface area contributed by atoms with Crippen LogP contribution in [0.3, 0.4) is 0 Å². The molecule has 0 atom stereocenters. The number of aromatic nitrogens is 3. The summed E-state index contributed by atoms with van der Waals surface area (Å²) < 4.78 is 6.66. The molecule has 1 aromatic carbocycles. The van der Waals surface area contributed by atoms with Crippen LogP contribution in [0.2, 0.25) is 5.02 Å². The van der Waals surface area contributed by atoms with Crippen LogP contribution in [0.15, 0.2) is 27.1 Å². The third kappa shape index (κ3) is 3.52. The van der Waals surface area contributed by atoms with E-state index in [0.717, 1.165) is 14.6 Å². The van der Waals surface area contributed by atoms with Gasteiger partial charge in [0.05, 0.1) is 16.0 Å². The van der Waals surface area contributed by atoms with Crippen LogP contribution in [0.4, 0.5) is 6.01 Å². The number of thioether (sulfide) groups is 1. The molecule has 108 valence electrons. The summed E-state index contributed by atoms with van der Waals surface area (Å²) in [6.45, 7) is 1.68. The quantitative estimate of drug-likeness (QED) is 0.733. The van der Waals surface area contributed by atoms with Crippen molar-refractivity contribution < 1.29 is 9.32 Å². The van der Waals surface area contributed by atoms with Crippen LogP contribution in [0.25, 0.3) is 10.2 Å². The third-order valence-corrected chi connectivity index (χ3v) is 4.85. The van der Waals surface area contributed by atoms with Crippen molar-refractivity contribution in [1.29, 1.82) is 0 Å². The van der Waals surface area contributed by atoms with E-state index in [1.165, 1.54) is 23.1 Å². The van der Waals surface area contributed by atoms with Crippen molar-refractivity contribution >= 4 is 56.8 Å². The van der Waals surface area contributed by atoms with Crippen LogP contribution in [0, 0.1) is 6.92 Å². The fourth-order valence-corrected chi connectivity index (χ4v) is 3.59. The molecule has 0 aliphatic rings. The van der Waals surface area contributed by atoms with Crippen LogP contribution in [0.5, 0.6) is 0 Å². The summed E-state index contributed by atoms with van der Waals surface area (Å²) in [6, 6.07) is 5.65. The summed E-state index contributed by atoms with van der Waals surface area (Å²) in [4.78, 5) is 20.1. The van der Waals surface area contributed by atoms with Crippen LogP contribution in [-0.4, -0.2) is 26.8 Å². The second-order valence-corrected chi connectivity index (χ2v) is 6.76. The van der Waals surface area contributed by atoms with Gasteiger partial charge in [0.25, 0.3) is 0 Å². The van der Waals surface area contributed by atoms with E-state index in [0.29, 0.717) is 10.8 Å². The SMILES string of the molecule is Cc1noc(NC(=O)CSc2nc3cc(Cl)ccc3s2)n1. The summed E-state index contributed by atoms with van der Waals surface area (Å²) in [6.07, 6.45) is 0. The van der Waals surface area contributed by atoms with E-state index in [-0.39, 0.29) is 17.7 Å². The summed E-state index contributed by atoms with van der Waals surface area (Å²) in [5, 5.41) is 6.77. The molecule has 1 N–H and O–H groups in total. The van der Waals surface area contributed by atoms with Crippen molar-refractivity contribution in [3.05, 3.63) is 29.0 Å². The Hall–Kier alpha value is -1.64. The van der Waals surface area contributed by atoms with Crippen molar-refractivity contribution in [2.75, 3.05) is 11.1 Å². The lowest BCUT2D eigenvalue weighted by atomic mass is 10.3. The Morgan fingerprint density at radius 3 is 3.10 bits per heavy atom. The summed E-state index contributed by atoms with van der Waals surface area (Å²) in [5.74, 6) is 0.469. The fraction of sp³-hybridized carbons (Fsp3) is 0.167. The molecule has 0 radical (unpaired) electrons. The first kappa shape index (κ1) is 14.3. The predicted molar refractivity (Wildman–Crippen MR) is 83.0 cm³/mol. The molecule has 6 nitrogen and oxygen atoms in total. The van der Waals surface area contributed by atoms with Gasteiger partial charge in [0.2, 0.25) is 5.91 Å². The first-order valence-electron chi connectivity index (χ1n) is 5.89. The molecule has 3 rings (SSSR count). The van der Waals surface area contributed by atoms with Gasteiger partial charge in [0.15, 0.2) is 10.2 Å². The average Bonchev–Trinajstić information content (AvgIpc) is 3.02. The number of thiazole rings is 1. The number of hydrogen-bond acceptors (Lipinski definition) is 7. The molecular formula is C12H9ClN4O2S2. The van der Waals surface area contributed by atoms with Gasteiger partial charge >= 0.3 is 6.01 Å². The van der Waals surface area contributed by atoms with Gasteiger partial charge in [-0.2, -0.15) is 4.98 Å². The van der Waals surface area contributed by atoms with Crippen LogP contribution in [0.1, 0.15) is 5.82 Å². The van der Waals surface area contributed by atoms with Crippen molar-refractivity contribution in [3.63, 3.8) is 0 Å². The number of nitrogens with one attached hydrogen (secondary N) is 1. The van der Waals surface area contributed by atoms with Gasteiger partial charge in [-0.05, 0) is 25.1 Å². The Morgan fingerprint density at radius 2 is 2.33 bits per heavy atom. The van der Waals surface area contributed by atoms with Crippen LogP contribution < -0.4 is 5.32 Å². The minimum absolute atomic E-state index is 0.106. The number of anilines is 1. The number of carbonyl (C=O) groups excluding carboxylic acids is 1. The van der Waals surface area contributed by atoms with E-state index in [9.17, 15) is 4.79 Å². The minimum atomic E-state index is -0.221. The third-order valence-electron chi connectivity index (χ3n) is 2.43. The Balaban J connectivity index is 1.61. The molecule has 9 heteroatoms. The second-order valence-electron chi connectivity index (χ2n) is 4.08. The Labute approximate surface area is 132 Å². The van der Waals surface area contributed by atoms with E-state index in [1.807, 2.05) is 12.1 Å². The van der Waals surface area contributed by atoms with Crippen LogP contribution in [-0.2, 0) is 4.79 Å². The minimum Gasteiger partial charge on any atom is -0.315 e. The molecule has 2 heterocycles. The lowest BCUT2D eigenvalue weighted by molar-refractivity contribution is -0.114. The highest BCUT2D eigenvalue weighted by Gasteiger charge is 2.11. The molecule has 0 aliphatic heterocycles. The number of halogens is 1. The van der Waals surface area contributed by atoms with Gasteiger partial charge < -0.3 is 4.52 Å². The molecule has 3 aromatic rings. The Morgan fingerprint density at radius 1 is 1.48 bits per heavy atom. The highest BCUT2D eigenvalue weighted by molar-refractivity contribution is 8.01. The molecule has 2 aromatic heterocycles. The number of aryl methyl sites for hydroxylation is 1. The normalized spacial score (nSPS) is 11.0. The van der Waals surface area contributed by atoms with E-state index in [2.05, 4.69) is 20.4 Å². The van der Waals surface area contributed by atoms with Gasteiger partial charge in [-0.25, -0.2) is 4.98 Å². The van der Waals surface area contributed by atoms with Crippen molar-refractivity contribution in [1.82, 2.24) is 15.1 Å². The zero-order chi connectivity index (χ0) is 14.8. The molecule has 1 amide bonds. The highest BCUT2D eigenvalue weighted by atomic mass is 35.5. The van der Waals surface area contributed by atoms with Crippen molar-refractivity contribution in [2.45, 2.75) is 11.3 Å². The lowest BCUT2D eigenvalue weighted by Crippen LogP contribution is -2.14. The van der Waals surface area contributed by atoms with E-state index >= 15 is 0 Å². The largest absolute Gasteiger partial charge is 0.328 e. The maximum absolute atomic E-state index is 11.8. The highest BCUT2D eigenvalue weighted by Crippen LogP contribution is 2.30. The zero-order valence-corrected chi connectivity index (χ0v) is 13.2. The van der Waals surface area contributed by atoms with E-state index in [4.69, 9.17) is 16.1 Å². The maximum Gasteiger partial charge on any atom is 0.328 e. The second kappa shape index (κ2) is 6.00. The number of benzene rings is 1.